The highest BCUT2D eigenvalue weighted by Crippen LogP contribution is 2.37. The fraction of sp³-hybridized carbons (Fsp3) is 0.625. The fourth-order valence-electron chi connectivity index (χ4n) is 1.88. The van der Waals surface area contributed by atoms with Crippen LogP contribution in [0.25, 0.3) is 0 Å². The van der Waals surface area contributed by atoms with E-state index in [1.165, 1.54) is 5.56 Å². The molecule has 0 spiro atoms. The lowest BCUT2D eigenvalue weighted by molar-refractivity contribution is 0.287. The third-order valence-corrected chi connectivity index (χ3v) is 4.26. The first-order chi connectivity index (χ1) is 10.2. The standard InChI is InChI=1S/C16H26BrNO2S/c1-4-7-18-12-13-10-14(17)16(15(11-13)19-5-2)20-8-9-21-6-3/h10-11,18H,4-9,12H2,1-3H3. The van der Waals surface area contributed by atoms with Crippen molar-refractivity contribution in [3.63, 3.8) is 0 Å². The number of hydrogen-bond donors (Lipinski definition) is 1. The second kappa shape index (κ2) is 11.2. The molecular formula is C16H26BrNO2S. The Morgan fingerprint density at radius 3 is 2.67 bits per heavy atom. The maximum atomic E-state index is 5.89. The highest BCUT2D eigenvalue weighted by atomic mass is 79.9. The van der Waals surface area contributed by atoms with Gasteiger partial charge >= 0.3 is 0 Å². The maximum absolute atomic E-state index is 5.89. The van der Waals surface area contributed by atoms with E-state index < -0.39 is 0 Å². The van der Waals surface area contributed by atoms with E-state index in [4.69, 9.17) is 9.47 Å². The predicted octanol–water partition coefficient (Wildman–Crippen LogP) is 4.48. The molecule has 0 saturated carbocycles. The molecule has 0 heterocycles. The Labute approximate surface area is 141 Å². The maximum Gasteiger partial charge on any atom is 0.175 e. The second-order valence-electron chi connectivity index (χ2n) is 4.56. The minimum atomic E-state index is 0.637. The van der Waals surface area contributed by atoms with Gasteiger partial charge in [0.25, 0.3) is 0 Å². The van der Waals surface area contributed by atoms with Gasteiger partial charge in [-0.15, -0.1) is 0 Å². The zero-order valence-corrected chi connectivity index (χ0v) is 15.6. The smallest absolute Gasteiger partial charge is 0.175 e. The molecule has 5 heteroatoms. The molecule has 0 bridgehead atoms. The normalized spacial score (nSPS) is 10.7. The summed E-state index contributed by atoms with van der Waals surface area (Å²) in [5.74, 6) is 3.74. The zero-order valence-electron chi connectivity index (χ0n) is 13.2. The van der Waals surface area contributed by atoms with Crippen molar-refractivity contribution >= 4 is 27.7 Å². The second-order valence-corrected chi connectivity index (χ2v) is 6.81. The van der Waals surface area contributed by atoms with Gasteiger partial charge in [0, 0.05) is 12.3 Å². The Bertz CT molecular complexity index is 416. The summed E-state index contributed by atoms with van der Waals surface area (Å²) in [4.78, 5) is 0. The van der Waals surface area contributed by atoms with Crippen molar-refractivity contribution in [2.45, 2.75) is 33.7 Å². The van der Waals surface area contributed by atoms with Crippen LogP contribution in [0.4, 0.5) is 0 Å². The molecule has 0 aliphatic rings. The van der Waals surface area contributed by atoms with Gasteiger partial charge in [0.05, 0.1) is 17.7 Å². The van der Waals surface area contributed by atoms with E-state index in [2.05, 4.69) is 47.2 Å². The molecule has 0 atom stereocenters. The van der Waals surface area contributed by atoms with Crippen LogP contribution in [0.2, 0.25) is 0 Å². The summed E-state index contributed by atoms with van der Waals surface area (Å²) < 4.78 is 12.6. The largest absolute Gasteiger partial charge is 0.490 e. The lowest BCUT2D eigenvalue weighted by atomic mass is 10.2. The number of hydrogen-bond acceptors (Lipinski definition) is 4. The van der Waals surface area contributed by atoms with Crippen LogP contribution in [0.15, 0.2) is 16.6 Å². The van der Waals surface area contributed by atoms with Crippen LogP contribution in [-0.4, -0.2) is 31.3 Å². The Kier molecular flexibility index (Phi) is 9.96. The van der Waals surface area contributed by atoms with Crippen molar-refractivity contribution in [3.8, 4) is 11.5 Å². The van der Waals surface area contributed by atoms with E-state index in [0.29, 0.717) is 13.2 Å². The minimum Gasteiger partial charge on any atom is -0.490 e. The molecule has 3 nitrogen and oxygen atoms in total. The van der Waals surface area contributed by atoms with E-state index >= 15 is 0 Å². The Balaban J connectivity index is 2.75. The summed E-state index contributed by atoms with van der Waals surface area (Å²) in [6.07, 6.45) is 1.13. The molecule has 0 amide bonds. The Morgan fingerprint density at radius 2 is 2.00 bits per heavy atom. The number of rotatable bonds is 11. The third-order valence-electron chi connectivity index (χ3n) is 2.80. The van der Waals surface area contributed by atoms with Gasteiger partial charge in [-0.2, -0.15) is 11.8 Å². The highest BCUT2D eigenvalue weighted by Gasteiger charge is 2.12. The molecule has 21 heavy (non-hydrogen) atoms. The molecular weight excluding hydrogens is 350 g/mol. The molecule has 1 N–H and O–H groups in total. The van der Waals surface area contributed by atoms with Crippen molar-refractivity contribution in [2.75, 3.05) is 31.3 Å². The number of thioether (sulfide) groups is 1. The molecule has 1 aromatic carbocycles. The third kappa shape index (κ3) is 6.94. The number of halogens is 1. The van der Waals surface area contributed by atoms with Gasteiger partial charge in [0.15, 0.2) is 11.5 Å². The molecule has 1 aromatic rings. The van der Waals surface area contributed by atoms with Crippen LogP contribution in [0, 0.1) is 0 Å². The van der Waals surface area contributed by atoms with Gasteiger partial charge in [0.1, 0.15) is 0 Å². The van der Waals surface area contributed by atoms with Crippen LogP contribution < -0.4 is 14.8 Å². The molecule has 0 fully saturated rings. The van der Waals surface area contributed by atoms with E-state index in [9.17, 15) is 0 Å². The first kappa shape index (κ1) is 18.7. The zero-order chi connectivity index (χ0) is 15.5. The van der Waals surface area contributed by atoms with E-state index in [1.807, 2.05) is 18.7 Å². The van der Waals surface area contributed by atoms with Gasteiger partial charge < -0.3 is 14.8 Å². The summed E-state index contributed by atoms with van der Waals surface area (Å²) in [6, 6.07) is 4.17. The van der Waals surface area contributed by atoms with Crippen molar-refractivity contribution in [2.24, 2.45) is 0 Å². The van der Waals surface area contributed by atoms with E-state index in [0.717, 1.165) is 47.0 Å². The number of nitrogens with one attached hydrogen (secondary N) is 1. The summed E-state index contributed by atoms with van der Waals surface area (Å²) >= 11 is 5.48. The molecule has 0 unspecified atom stereocenters. The molecule has 0 aliphatic carbocycles. The molecule has 1 rings (SSSR count). The van der Waals surface area contributed by atoms with E-state index in [-0.39, 0.29) is 0 Å². The molecule has 0 radical (unpaired) electrons. The van der Waals surface area contributed by atoms with Crippen molar-refractivity contribution < 1.29 is 9.47 Å². The first-order valence-corrected chi connectivity index (χ1v) is 9.54. The van der Waals surface area contributed by atoms with Crippen LogP contribution in [0.3, 0.4) is 0 Å². The minimum absolute atomic E-state index is 0.637. The monoisotopic (exact) mass is 375 g/mol. The summed E-state index contributed by atoms with van der Waals surface area (Å²) in [5, 5.41) is 3.41. The van der Waals surface area contributed by atoms with E-state index in [1.54, 1.807) is 0 Å². The van der Waals surface area contributed by atoms with Crippen molar-refractivity contribution in [3.05, 3.63) is 22.2 Å². The van der Waals surface area contributed by atoms with Crippen LogP contribution in [-0.2, 0) is 6.54 Å². The van der Waals surface area contributed by atoms with Gasteiger partial charge in [-0.05, 0) is 59.3 Å². The predicted molar refractivity (Wildman–Crippen MR) is 95.8 cm³/mol. The van der Waals surface area contributed by atoms with Gasteiger partial charge in [-0.1, -0.05) is 13.8 Å². The Hall–Kier alpha value is -0.390. The quantitative estimate of drug-likeness (QED) is 0.577. The van der Waals surface area contributed by atoms with Crippen LogP contribution in [0.5, 0.6) is 11.5 Å². The topological polar surface area (TPSA) is 30.5 Å². The van der Waals surface area contributed by atoms with Gasteiger partial charge in [0.2, 0.25) is 0 Å². The van der Waals surface area contributed by atoms with Crippen molar-refractivity contribution in [1.82, 2.24) is 5.32 Å². The van der Waals surface area contributed by atoms with Gasteiger partial charge in [-0.25, -0.2) is 0 Å². The number of benzene rings is 1. The molecule has 0 saturated heterocycles. The van der Waals surface area contributed by atoms with Gasteiger partial charge in [-0.3, -0.25) is 0 Å². The van der Waals surface area contributed by atoms with Crippen molar-refractivity contribution in [1.29, 1.82) is 0 Å². The summed E-state index contributed by atoms with van der Waals surface area (Å²) in [6.45, 7) is 9.52. The SMILES string of the molecule is CCCNCc1cc(Br)c(OCCSCC)c(OCC)c1. The average Bonchev–Trinajstić information content (AvgIpc) is 2.46. The highest BCUT2D eigenvalue weighted by molar-refractivity contribution is 9.10. The first-order valence-electron chi connectivity index (χ1n) is 7.59. The summed E-state index contributed by atoms with van der Waals surface area (Å²) in [5.41, 5.74) is 1.20. The molecule has 0 aliphatic heterocycles. The summed E-state index contributed by atoms with van der Waals surface area (Å²) in [7, 11) is 0. The van der Waals surface area contributed by atoms with Crippen LogP contribution in [0.1, 0.15) is 32.8 Å². The number of ether oxygens (including phenoxy) is 2. The lowest BCUT2D eigenvalue weighted by Crippen LogP contribution is -2.14. The Morgan fingerprint density at radius 1 is 1.19 bits per heavy atom. The fourth-order valence-corrected chi connectivity index (χ4v) is 2.98. The molecule has 120 valence electrons. The van der Waals surface area contributed by atoms with Crippen LogP contribution >= 0.6 is 27.7 Å². The lowest BCUT2D eigenvalue weighted by Gasteiger charge is -2.15. The molecule has 0 aromatic heterocycles. The average molecular weight is 376 g/mol.